The van der Waals surface area contributed by atoms with Crippen molar-refractivity contribution in [2.75, 3.05) is 26.0 Å². The molecule has 0 amide bonds. The van der Waals surface area contributed by atoms with Crippen LogP contribution in [0, 0.1) is 11.7 Å². The normalized spacial score (nSPS) is 10.7. The van der Waals surface area contributed by atoms with Gasteiger partial charge in [-0.05, 0) is 67.1 Å². The monoisotopic (exact) mass is 496 g/mol. The lowest BCUT2D eigenvalue weighted by Crippen LogP contribution is -2.31. The zero-order chi connectivity index (χ0) is 26.6. The Morgan fingerprint density at radius 2 is 1.44 bits per heavy atom. The molecule has 1 atom stereocenters. The number of nitrogens with one attached hydrogen (secondary N) is 2. The number of benzene rings is 3. The van der Waals surface area contributed by atoms with Gasteiger partial charge >= 0.3 is 0 Å². The second kappa shape index (κ2) is 18.7. The van der Waals surface area contributed by atoms with Crippen LogP contribution < -0.4 is 15.4 Å². The molecule has 0 radical (unpaired) electrons. The largest absolute Gasteiger partial charge is 0.457 e. The van der Waals surface area contributed by atoms with Gasteiger partial charge in [-0.2, -0.15) is 0 Å². The van der Waals surface area contributed by atoms with E-state index < -0.39 is 0 Å². The summed E-state index contributed by atoms with van der Waals surface area (Å²) in [6.45, 7) is 5.00. The van der Waals surface area contributed by atoms with Crippen molar-refractivity contribution in [1.29, 1.82) is 0 Å². The second-order valence-electron chi connectivity index (χ2n) is 8.16. The lowest BCUT2D eigenvalue weighted by Gasteiger charge is -2.09. The van der Waals surface area contributed by atoms with Crippen molar-refractivity contribution in [3.63, 3.8) is 0 Å². The Bertz CT molecular complexity index is 965. The summed E-state index contributed by atoms with van der Waals surface area (Å²) >= 11 is 0. The topological polar surface area (TPSA) is 76.7 Å². The van der Waals surface area contributed by atoms with Crippen molar-refractivity contribution in [1.82, 2.24) is 5.32 Å². The molecule has 0 saturated carbocycles. The third-order valence-electron chi connectivity index (χ3n) is 4.70. The number of aldehydes is 2. The summed E-state index contributed by atoms with van der Waals surface area (Å²) < 4.78 is 23.6. The van der Waals surface area contributed by atoms with Gasteiger partial charge in [-0.15, -0.1) is 0 Å². The number of halogens is 1. The Balaban J connectivity index is 0.000000298. The molecular formula is C29H37FN2O4. The molecule has 0 bridgehead atoms. The highest BCUT2D eigenvalue weighted by Gasteiger charge is 2.03. The Kier molecular flexibility index (Phi) is 15.9. The second-order valence-corrected chi connectivity index (χ2v) is 8.16. The molecule has 7 heteroatoms. The smallest absolute Gasteiger partial charge is 0.139 e. The zero-order valence-electron chi connectivity index (χ0n) is 21.4. The van der Waals surface area contributed by atoms with Crippen LogP contribution >= 0.6 is 0 Å². The third kappa shape index (κ3) is 14.0. The quantitative estimate of drug-likeness (QED) is 0.323. The molecule has 2 N–H and O–H groups in total. The van der Waals surface area contributed by atoms with E-state index in [0.29, 0.717) is 31.3 Å². The van der Waals surface area contributed by atoms with Crippen LogP contribution in [0.5, 0.6) is 11.5 Å². The van der Waals surface area contributed by atoms with E-state index in [1.807, 2.05) is 75.5 Å². The Morgan fingerprint density at radius 1 is 0.861 bits per heavy atom. The van der Waals surface area contributed by atoms with E-state index in [4.69, 9.17) is 9.47 Å². The predicted molar refractivity (Wildman–Crippen MR) is 143 cm³/mol. The summed E-state index contributed by atoms with van der Waals surface area (Å²) in [6.07, 6.45) is 2.50. The van der Waals surface area contributed by atoms with E-state index in [0.717, 1.165) is 29.6 Å². The number of ether oxygens (including phenoxy) is 2. The number of carbonyl (C=O) groups excluding carboxylic acids is 2. The molecule has 0 aliphatic heterocycles. The summed E-state index contributed by atoms with van der Waals surface area (Å²) in [4.78, 5) is 20.1. The van der Waals surface area contributed by atoms with E-state index >= 15 is 0 Å². The maximum atomic E-state index is 12.7. The first kappa shape index (κ1) is 30.5. The van der Waals surface area contributed by atoms with Crippen LogP contribution in [0.2, 0.25) is 0 Å². The molecule has 0 aliphatic carbocycles. The maximum absolute atomic E-state index is 12.7. The fourth-order valence-corrected chi connectivity index (χ4v) is 2.59. The van der Waals surface area contributed by atoms with Gasteiger partial charge in [0.15, 0.2) is 0 Å². The van der Waals surface area contributed by atoms with Gasteiger partial charge in [-0.25, -0.2) is 4.39 Å². The lowest BCUT2D eigenvalue weighted by atomic mass is 10.2. The highest BCUT2D eigenvalue weighted by molar-refractivity contribution is 5.57. The van der Waals surface area contributed by atoms with E-state index in [2.05, 4.69) is 10.6 Å². The van der Waals surface area contributed by atoms with Crippen LogP contribution in [-0.4, -0.2) is 39.3 Å². The van der Waals surface area contributed by atoms with Crippen molar-refractivity contribution in [3.05, 3.63) is 90.2 Å². The average molecular weight is 497 g/mol. The minimum Gasteiger partial charge on any atom is -0.457 e. The molecule has 3 aromatic rings. The third-order valence-corrected chi connectivity index (χ3v) is 4.70. The van der Waals surface area contributed by atoms with Crippen LogP contribution in [0.25, 0.3) is 0 Å². The Labute approximate surface area is 213 Å². The van der Waals surface area contributed by atoms with E-state index in [1.165, 1.54) is 12.1 Å². The average Bonchev–Trinajstić information content (AvgIpc) is 2.90. The first-order valence-electron chi connectivity index (χ1n) is 11.8. The summed E-state index contributed by atoms with van der Waals surface area (Å²) in [7, 11) is 3.60. The molecule has 0 saturated heterocycles. The molecule has 6 nitrogen and oxygen atoms in total. The number of carbonyl (C=O) groups is 2. The van der Waals surface area contributed by atoms with Gasteiger partial charge in [-0.3, -0.25) is 0 Å². The SMILES string of the molecule is CC(C)CC=O.CNC(C=O)COCc1ccccc1.CNc1ccc(Oc2ccc(F)cc2)cc1. The number of anilines is 1. The van der Waals surface area contributed by atoms with Crippen molar-refractivity contribution in [3.8, 4) is 11.5 Å². The fourth-order valence-electron chi connectivity index (χ4n) is 2.59. The molecule has 0 aliphatic rings. The standard InChI is InChI=1S/C13H12FNO.C11H15NO2.C5H10O/c1-15-11-4-8-13(9-5-11)16-12-6-2-10(14)3-7-12;1-12-11(7-13)9-14-8-10-5-3-2-4-6-10;1-5(2)3-4-6/h2-9,15H,1H3;2-7,11-12H,8-9H2,1H3;4-5H,3H2,1-2H3. The fraction of sp³-hybridized carbons (Fsp3) is 0.310. The van der Waals surface area contributed by atoms with Crippen LogP contribution in [0.1, 0.15) is 25.8 Å². The van der Waals surface area contributed by atoms with Gasteiger partial charge in [0.05, 0.1) is 19.3 Å². The first-order chi connectivity index (χ1) is 17.4. The van der Waals surface area contributed by atoms with Gasteiger partial charge in [0.1, 0.15) is 29.9 Å². The van der Waals surface area contributed by atoms with Crippen LogP contribution in [0.3, 0.4) is 0 Å². The molecule has 0 spiro atoms. The van der Waals surface area contributed by atoms with Crippen molar-refractivity contribution >= 4 is 18.3 Å². The molecule has 3 rings (SSSR count). The van der Waals surface area contributed by atoms with E-state index in [-0.39, 0.29) is 11.9 Å². The Hall–Kier alpha value is -3.55. The minimum absolute atomic E-state index is 0.210. The van der Waals surface area contributed by atoms with E-state index in [9.17, 15) is 14.0 Å². The molecule has 3 aromatic carbocycles. The number of rotatable bonds is 11. The van der Waals surface area contributed by atoms with Crippen LogP contribution in [-0.2, 0) is 20.9 Å². The van der Waals surface area contributed by atoms with Gasteiger partial charge in [0, 0.05) is 19.2 Å². The summed E-state index contributed by atoms with van der Waals surface area (Å²) in [5.41, 5.74) is 2.14. The molecule has 0 heterocycles. The molecule has 0 fully saturated rings. The van der Waals surface area contributed by atoms with Crippen molar-refractivity contribution in [2.24, 2.45) is 5.92 Å². The number of hydrogen-bond donors (Lipinski definition) is 2. The number of likely N-dealkylation sites (N-methyl/N-ethyl adjacent to an activating group) is 1. The first-order valence-corrected chi connectivity index (χ1v) is 11.8. The molecular weight excluding hydrogens is 459 g/mol. The Morgan fingerprint density at radius 3 is 1.89 bits per heavy atom. The predicted octanol–water partition coefficient (Wildman–Crippen LogP) is 5.88. The van der Waals surface area contributed by atoms with Gasteiger partial charge in [0.2, 0.25) is 0 Å². The zero-order valence-corrected chi connectivity index (χ0v) is 21.4. The summed E-state index contributed by atoms with van der Waals surface area (Å²) in [5.74, 6) is 1.62. The van der Waals surface area contributed by atoms with Crippen LogP contribution in [0.15, 0.2) is 78.9 Å². The van der Waals surface area contributed by atoms with Crippen LogP contribution in [0.4, 0.5) is 10.1 Å². The van der Waals surface area contributed by atoms with Gasteiger partial charge in [-0.1, -0.05) is 44.2 Å². The molecule has 1 unspecified atom stereocenters. The van der Waals surface area contributed by atoms with E-state index in [1.54, 1.807) is 19.2 Å². The number of hydrogen-bond acceptors (Lipinski definition) is 6. The lowest BCUT2D eigenvalue weighted by molar-refractivity contribution is -0.111. The maximum Gasteiger partial charge on any atom is 0.139 e. The van der Waals surface area contributed by atoms with Gasteiger partial charge < -0.3 is 29.7 Å². The van der Waals surface area contributed by atoms with Crippen molar-refractivity contribution < 1.29 is 23.5 Å². The minimum atomic E-state index is -0.266. The summed E-state index contributed by atoms with van der Waals surface area (Å²) in [5, 5.41) is 5.87. The summed E-state index contributed by atoms with van der Waals surface area (Å²) in [6, 6.07) is 23.2. The molecule has 194 valence electrons. The molecule has 36 heavy (non-hydrogen) atoms. The molecule has 0 aromatic heterocycles. The van der Waals surface area contributed by atoms with Crippen molar-refractivity contribution in [2.45, 2.75) is 32.9 Å². The highest BCUT2D eigenvalue weighted by atomic mass is 19.1. The van der Waals surface area contributed by atoms with Gasteiger partial charge in [0.25, 0.3) is 0 Å². The highest BCUT2D eigenvalue weighted by Crippen LogP contribution is 2.22.